The Labute approximate surface area is 177 Å². The van der Waals surface area contributed by atoms with Crippen molar-refractivity contribution in [3.05, 3.63) is 77.2 Å². The third-order valence-corrected chi connectivity index (χ3v) is 5.28. The van der Waals surface area contributed by atoms with Crippen molar-refractivity contribution in [3.63, 3.8) is 0 Å². The van der Waals surface area contributed by atoms with Crippen molar-refractivity contribution in [3.8, 4) is 5.75 Å². The first kappa shape index (κ1) is 20.8. The second-order valence-electron chi connectivity index (χ2n) is 5.98. The predicted octanol–water partition coefficient (Wildman–Crippen LogP) is 5.07. The lowest BCUT2D eigenvalue weighted by Crippen LogP contribution is -2.15. The molecule has 29 heavy (non-hydrogen) atoms. The van der Waals surface area contributed by atoms with Crippen LogP contribution in [0, 0.1) is 0 Å². The zero-order chi connectivity index (χ0) is 20.6. The molecule has 0 unspecified atom stereocenters. The zero-order valence-electron chi connectivity index (χ0n) is 15.6. The lowest BCUT2D eigenvalue weighted by Gasteiger charge is -2.12. The number of methoxy groups -OCH3 is 1. The number of furan rings is 1. The second kappa shape index (κ2) is 10.0. The zero-order valence-corrected chi connectivity index (χ0v) is 17.2. The van der Waals surface area contributed by atoms with E-state index in [9.17, 15) is 9.59 Å². The molecule has 1 aromatic heterocycles. The molecule has 0 fully saturated rings. The summed E-state index contributed by atoms with van der Waals surface area (Å²) >= 11 is 7.59. The highest BCUT2D eigenvalue weighted by molar-refractivity contribution is 7.99. The highest BCUT2D eigenvalue weighted by Gasteiger charge is 2.13. The second-order valence-corrected chi connectivity index (χ2v) is 7.37. The molecule has 3 rings (SSSR count). The Hall–Kier alpha value is -2.90. The summed E-state index contributed by atoms with van der Waals surface area (Å²) in [5.41, 5.74) is 1.96. The molecule has 0 aliphatic rings. The first-order valence-electron chi connectivity index (χ1n) is 8.70. The van der Waals surface area contributed by atoms with E-state index in [0.717, 1.165) is 5.56 Å². The van der Waals surface area contributed by atoms with E-state index in [0.29, 0.717) is 27.9 Å². The Kier molecular flexibility index (Phi) is 7.21. The largest absolute Gasteiger partial charge is 0.495 e. The molecule has 3 aromatic rings. The number of benzene rings is 2. The normalized spacial score (nSPS) is 10.4. The molecule has 2 amide bonds. The quantitative estimate of drug-likeness (QED) is 0.521. The maximum absolute atomic E-state index is 12.3. The summed E-state index contributed by atoms with van der Waals surface area (Å²) in [7, 11) is 1.50. The summed E-state index contributed by atoms with van der Waals surface area (Å²) in [5.74, 6) is 0.988. The van der Waals surface area contributed by atoms with E-state index in [4.69, 9.17) is 20.8 Å². The van der Waals surface area contributed by atoms with E-state index in [1.807, 2.05) is 24.3 Å². The Morgan fingerprint density at radius 1 is 1.10 bits per heavy atom. The molecule has 2 aromatic carbocycles. The van der Waals surface area contributed by atoms with Crippen LogP contribution in [0.15, 0.2) is 65.3 Å². The lowest BCUT2D eigenvalue weighted by atomic mass is 10.2. The van der Waals surface area contributed by atoms with Crippen molar-refractivity contribution in [1.82, 2.24) is 0 Å². The molecular formula is C21H19ClN2O4S. The molecule has 0 saturated heterocycles. The number of hydrogen-bond acceptors (Lipinski definition) is 5. The van der Waals surface area contributed by atoms with Crippen LogP contribution in [-0.2, 0) is 10.5 Å². The number of nitrogens with one attached hydrogen (secondary N) is 2. The third kappa shape index (κ3) is 5.79. The number of amides is 2. The first-order valence-corrected chi connectivity index (χ1v) is 10.2. The molecule has 0 aliphatic heterocycles. The van der Waals surface area contributed by atoms with Gasteiger partial charge in [-0.25, -0.2) is 0 Å². The van der Waals surface area contributed by atoms with Crippen molar-refractivity contribution in [2.75, 3.05) is 23.5 Å². The van der Waals surface area contributed by atoms with Crippen LogP contribution in [0.4, 0.5) is 11.4 Å². The van der Waals surface area contributed by atoms with Gasteiger partial charge in [0.1, 0.15) is 5.75 Å². The van der Waals surface area contributed by atoms with Crippen molar-refractivity contribution < 1.29 is 18.7 Å². The van der Waals surface area contributed by atoms with Crippen LogP contribution in [0.25, 0.3) is 0 Å². The molecule has 150 valence electrons. The van der Waals surface area contributed by atoms with Gasteiger partial charge in [-0.15, -0.1) is 11.8 Å². The lowest BCUT2D eigenvalue weighted by molar-refractivity contribution is -0.113. The van der Waals surface area contributed by atoms with E-state index in [1.54, 1.807) is 30.3 Å². The Morgan fingerprint density at radius 2 is 1.93 bits per heavy atom. The highest BCUT2D eigenvalue weighted by Crippen LogP contribution is 2.28. The number of halogens is 1. The minimum Gasteiger partial charge on any atom is -0.495 e. The maximum Gasteiger partial charge on any atom is 0.291 e. The standard InChI is InChI=1S/C21H19ClN2O4S/c1-27-18-9-8-15(11-17(18)24-21(26)19-7-4-10-28-19)23-20(25)13-29-12-14-5-2-3-6-16(14)22/h2-11H,12-13H2,1H3,(H,23,25)(H,24,26). The predicted molar refractivity (Wildman–Crippen MR) is 116 cm³/mol. The van der Waals surface area contributed by atoms with E-state index in [2.05, 4.69) is 10.6 Å². The van der Waals surface area contributed by atoms with Crippen LogP contribution in [0.2, 0.25) is 5.02 Å². The minimum atomic E-state index is -0.410. The van der Waals surface area contributed by atoms with E-state index in [1.165, 1.54) is 25.1 Å². The van der Waals surface area contributed by atoms with Crippen LogP contribution in [0.5, 0.6) is 5.75 Å². The van der Waals surface area contributed by atoms with Crippen LogP contribution in [0.1, 0.15) is 16.1 Å². The molecule has 0 spiro atoms. The molecule has 8 heteroatoms. The average Bonchev–Trinajstić information content (AvgIpc) is 3.25. The van der Waals surface area contributed by atoms with Gasteiger partial charge in [-0.1, -0.05) is 29.8 Å². The molecule has 2 N–H and O–H groups in total. The maximum atomic E-state index is 12.3. The molecule has 6 nitrogen and oxygen atoms in total. The molecule has 0 bridgehead atoms. The topological polar surface area (TPSA) is 80.6 Å². The van der Waals surface area contributed by atoms with Gasteiger partial charge < -0.3 is 19.8 Å². The molecule has 0 atom stereocenters. The van der Waals surface area contributed by atoms with Crippen molar-refractivity contribution in [1.29, 1.82) is 0 Å². The summed E-state index contributed by atoms with van der Waals surface area (Å²) in [6.07, 6.45) is 1.42. The summed E-state index contributed by atoms with van der Waals surface area (Å²) in [4.78, 5) is 24.5. The first-order chi connectivity index (χ1) is 14.1. The number of rotatable bonds is 8. The molecular weight excluding hydrogens is 412 g/mol. The summed E-state index contributed by atoms with van der Waals surface area (Å²) in [6, 6.07) is 15.7. The smallest absolute Gasteiger partial charge is 0.291 e. The fraction of sp³-hybridized carbons (Fsp3) is 0.143. The molecule has 0 saturated carbocycles. The molecule has 0 aliphatic carbocycles. The fourth-order valence-corrected chi connectivity index (χ4v) is 3.65. The van der Waals surface area contributed by atoms with Crippen LogP contribution < -0.4 is 15.4 Å². The van der Waals surface area contributed by atoms with Gasteiger partial charge in [0.15, 0.2) is 5.76 Å². The monoisotopic (exact) mass is 430 g/mol. The Morgan fingerprint density at radius 3 is 2.66 bits per heavy atom. The van der Waals surface area contributed by atoms with Gasteiger partial charge in [0.05, 0.1) is 24.8 Å². The number of carbonyl (C=O) groups is 2. The number of thioether (sulfide) groups is 1. The van der Waals surface area contributed by atoms with Gasteiger partial charge in [-0.2, -0.15) is 0 Å². The summed E-state index contributed by atoms with van der Waals surface area (Å²) in [6.45, 7) is 0. The fourth-order valence-electron chi connectivity index (χ4n) is 2.54. The number of ether oxygens (including phenoxy) is 1. The summed E-state index contributed by atoms with van der Waals surface area (Å²) < 4.78 is 10.4. The SMILES string of the molecule is COc1ccc(NC(=O)CSCc2ccccc2Cl)cc1NC(=O)c1ccco1. The van der Waals surface area contributed by atoms with Crippen molar-refractivity contribution in [2.24, 2.45) is 0 Å². The van der Waals surface area contributed by atoms with Gasteiger partial charge >= 0.3 is 0 Å². The number of anilines is 2. The number of carbonyl (C=O) groups excluding carboxylic acids is 2. The van der Waals surface area contributed by atoms with E-state index >= 15 is 0 Å². The average molecular weight is 431 g/mol. The van der Waals surface area contributed by atoms with Crippen LogP contribution in [-0.4, -0.2) is 24.7 Å². The van der Waals surface area contributed by atoms with Gasteiger partial charge in [-0.05, 0) is 42.0 Å². The number of hydrogen-bond donors (Lipinski definition) is 2. The van der Waals surface area contributed by atoms with Crippen LogP contribution in [0.3, 0.4) is 0 Å². The van der Waals surface area contributed by atoms with Crippen molar-refractivity contribution >= 4 is 46.6 Å². The van der Waals surface area contributed by atoms with Gasteiger partial charge in [0.2, 0.25) is 5.91 Å². The van der Waals surface area contributed by atoms with E-state index < -0.39 is 5.91 Å². The van der Waals surface area contributed by atoms with E-state index in [-0.39, 0.29) is 17.4 Å². The highest BCUT2D eigenvalue weighted by atomic mass is 35.5. The van der Waals surface area contributed by atoms with Gasteiger partial charge in [0, 0.05) is 16.5 Å². The molecule has 1 heterocycles. The van der Waals surface area contributed by atoms with Crippen LogP contribution >= 0.6 is 23.4 Å². The van der Waals surface area contributed by atoms with Crippen molar-refractivity contribution in [2.45, 2.75) is 5.75 Å². The van der Waals surface area contributed by atoms with Gasteiger partial charge in [0.25, 0.3) is 5.91 Å². The van der Waals surface area contributed by atoms with Gasteiger partial charge in [-0.3, -0.25) is 9.59 Å². The Balaban J connectivity index is 1.59. The minimum absolute atomic E-state index is 0.157. The summed E-state index contributed by atoms with van der Waals surface area (Å²) in [5, 5.41) is 6.23. The third-order valence-electron chi connectivity index (χ3n) is 3.92. The Bertz CT molecular complexity index is 992. The molecule has 0 radical (unpaired) electrons.